The average Bonchev–Trinajstić information content (AvgIpc) is 2.05. The molecule has 0 amide bonds. The summed E-state index contributed by atoms with van der Waals surface area (Å²) in [5, 5.41) is 0. The molecule has 5 heteroatoms. The van der Waals surface area contributed by atoms with Crippen LogP contribution in [-0.4, -0.2) is 20.0 Å². The largest absolute Gasteiger partial charge is 0.243 e. The summed E-state index contributed by atoms with van der Waals surface area (Å²) in [6.07, 6.45) is 4.91. The Morgan fingerprint density at radius 2 is 1.85 bits per heavy atom. The SMILES string of the molecule is CC(F)S(=O)(=O)NC1CCCCC1. The van der Waals surface area contributed by atoms with Crippen LogP contribution in [0.5, 0.6) is 0 Å². The summed E-state index contributed by atoms with van der Waals surface area (Å²) < 4.78 is 37.2. The number of halogens is 1. The van der Waals surface area contributed by atoms with E-state index < -0.39 is 15.5 Å². The molecular weight excluding hydrogens is 193 g/mol. The molecule has 1 saturated carbocycles. The van der Waals surface area contributed by atoms with Gasteiger partial charge in [-0.3, -0.25) is 0 Å². The summed E-state index contributed by atoms with van der Waals surface area (Å²) in [4.78, 5) is 0. The molecule has 1 aliphatic rings. The Morgan fingerprint density at radius 1 is 1.31 bits per heavy atom. The zero-order chi connectivity index (χ0) is 9.90. The molecule has 1 unspecified atom stereocenters. The van der Waals surface area contributed by atoms with Crippen LogP contribution in [0.15, 0.2) is 0 Å². The number of sulfonamides is 1. The third-order valence-corrected chi connectivity index (χ3v) is 3.88. The van der Waals surface area contributed by atoms with Crippen molar-refractivity contribution in [2.75, 3.05) is 0 Å². The van der Waals surface area contributed by atoms with E-state index in [1.807, 2.05) is 0 Å². The van der Waals surface area contributed by atoms with Crippen molar-refractivity contribution >= 4 is 10.0 Å². The quantitative estimate of drug-likeness (QED) is 0.766. The molecule has 0 spiro atoms. The highest BCUT2D eigenvalue weighted by Crippen LogP contribution is 2.18. The lowest BCUT2D eigenvalue weighted by atomic mass is 9.96. The van der Waals surface area contributed by atoms with E-state index in [-0.39, 0.29) is 6.04 Å². The van der Waals surface area contributed by atoms with Crippen LogP contribution in [0.1, 0.15) is 39.0 Å². The first-order valence-corrected chi connectivity index (χ1v) is 6.22. The molecule has 0 saturated heterocycles. The van der Waals surface area contributed by atoms with Crippen molar-refractivity contribution < 1.29 is 12.8 Å². The second kappa shape index (κ2) is 4.37. The Bertz CT molecular complexity index is 245. The van der Waals surface area contributed by atoms with Gasteiger partial charge in [0.2, 0.25) is 15.5 Å². The fraction of sp³-hybridized carbons (Fsp3) is 1.00. The molecule has 0 aliphatic heterocycles. The zero-order valence-corrected chi connectivity index (χ0v) is 8.61. The van der Waals surface area contributed by atoms with Crippen molar-refractivity contribution in [3.63, 3.8) is 0 Å². The smallest absolute Gasteiger partial charge is 0.229 e. The molecule has 0 aromatic heterocycles. The summed E-state index contributed by atoms with van der Waals surface area (Å²) in [5.41, 5.74) is -1.81. The minimum Gasteiger partial charge on any atom is -0.229 e. The standard InChI is InChI=1S/C8H16FNO2S/c1-7(9)13(11,12)10-8-5-3-2-4-6-8/h7-8,10H,2-6H2,1H3. The fourth-order valence-electron chi connectivity index (χ4n) is 1.55. The molecule has 1 aliphatic carbocycles. The number of nitrogens with one attached hydrogen (secondary N) is 1. The van der Waals surface area contributed by atoms with Gasteiger partial charge in [-0.05, 0) is 19.8 Å². The van der Waals surface area contributed by atoms with Gasteiger partial charge in [0, 0.05) is 6.04 Å². The Hall–Kier alpha value is -0.160. The van der Waals surface area contributed by atoms with Crippen LogP contribution in [-0.2, 0) is 10.0 Å². The molecule has 1 rings (SSSR count). The second-order valence-corrected chi connectivity index (χ2v) is 5.52. The van der Waals surface area contributed by atoms with Gasteiger partial charge in [0.05, 0.1) is 0 Å². The van der Waals surface area contributed by atoms with E-state index in [9.17, 15) is 12.8 Å². The number of hydrogen-bond acceptors (Lipinski definition) is 2. The van der Waals surface area contributed by atoms with Gasteiger partial charge in [-0.25, -0.2) is 17.5 Å². The van der Waals surface area contributed by atoms with Gasteiger partial charge in [-0.1, -0.05) is 19.3 Å². The lowest BCUT2D eigenvalue weighted by molar-refractivity contribution is 0.392. The Kier molecular flexibility index (Phi) is 3.67. The number of alkyl halides is 1. The maximum absolute atomic E-state index is 12.6. The van der Waals surface area contributed by atoms with Crippen molar-refractivity contribution in [2.45, 2.75) is 50.6 Å². The topological polar surface area (TPSA) is 46.2 Å². The van der Waals surface area contributed by atoms with Gasteiger partial charge in [-0.15, -0.1) is 0 Å². The number of hydrogen-bond donors (Lipinski definition) is 1. The van der Waals surface area contributed by atoms with E-state index in [2.05, 4.69) is 4.72 Å². The summed E-state index contributed by atoms with van der Waals surface area (Å²) in [6, 6.07) is -0.0445. The van der Waals surface area contributed by atoms with E-state index in [1.165, 1.54) is 0 Å². The molecule has 0 aromatic carbocycles. The molecule has 0 heterocycles. The molecule has 3 nitrogen and oxygen atoms in total. The normalized spacial score (nSPS) is 22.9. The van der Waals surface area contributed by atoms with E-state index >= 15 is 0 Å². The van der Waals surface area contributed by atoms with Gasteiger partial charge in [0.25, 0.3) is 0 Å². The summed E-state index contributed by atoms with van der Waals surface area (Å²) in [5.74, 6) is 0. The highest BCUT2D eigenvalue weighted by Gasteiger charge is 2.24. The van der Waals surface area contributed by atoms with Gasteiger partial charge < -0.3 is 0 Å². The van der Waals surface area contributed by atoms with Crippen molar-refractivity contribution in [1.82, 2.24) is 4.72 Å². The molecule has 0 aromatic rings. The highest BCUT2D eigenvalue weighted by atomic mass is 32.2. The van der Waals surface area contributed by atoms with Crippen LogP contribution in [0.25, 0.3) is 0 Å². The van der Waals surface area contributed by atoms with Gasteiger partial charge >= 0.3 is 0 Å². The highest BCUT2D eigenvalue weighted by molar-refractivity contribution is 7.89. The Labute approximate surface area is 78.8 Å². The zero-order valence-electron chi connectivity index (χ0n) is 7.79. The monoisotopic (exact) mass is 209 g/mol. The molecule has 78 valence electrons. The first kappa shape index (κ1) is 10.9. The van der Waals surface area contributed by atoms with Gasteiger partial charge in [0.1, 0.15) is 0 Å². The lowest BCUT2D eigenvalue weighted by Gasteiger charge is -2.22. The van der Waals surface area contributed by atoms with Crippen molar-refractivity contribution in [3.05, 3.63) is 0 Å². The van der Waals surface area contributed by atoms with Gasteiger partial charge in [0.15, 0.2) is 0 Å². The lowest BCUT2D eigenvalue weighted by Crippen LogP contribution is -2.39. The maximum Gasteiger partial charge on any atom is 0.243 e. The summed E-state index contributed by atoms with van der Waals surface area (Å²) in [6.45, 7) is 1.05. The maximum atomic E-state index is 12.6. The van der Waals surface area contributed by atoms with Crippen LogP contribution in [0.2, 0.25) is 0 Å². The molecule has 1 fully saturated rings. The molecular formula is C8H16FNO2S. The van der Waals surface area contributed by atoms with Crippen molar-refractivity contribution in [2.24, 2.45) is 0 Å². The van der Waals surface area contributed by atoms with Crippen molar-refractivity contribution in [3.8, 4) is 0 Å². The Balaban J connectivity index is 2.47. The van der Waals surface area contributed by atoms with E-state index in [4.69, 9.17) is 0 Å². The van der Waals surface area contributed by atoms with Crippen LogP contribution < -0.4 is 4.72 Å². The predicted octanol–water partition coefficient (Wildman–Crippen LogP) is 1.55. The predicted molar refractivity (Wildman–Crippen MR) is 49.5 cm³/mol. The molecule has 1 N–H and O–H groups in total. The summed E-state index contributed by atoms with van der Waals surface area (Å²) in [7, 11) is -3.71. The van der Waals surface area contributed by atoms with Crippen LogP contribution in [0.3, 0.4) is 0 Å². The average molecular weight is 209 g/mol. The first-order valence-electron chi connectivity index (χ1n) is 4.67. The minimum atomic E-state index is -3.71. The van der Waals surface area contributed by atoms with Crippen LogP contribution >= 0.6 is 0 Å². The van der Waals surface area contributed by atoms with Crippen LogP contribution in [0.4, 0.5) is 4.39 Å². The molecule has 0 radical (unpaired) electrons. The van der Waals surface area contributed by atoms with E-state index in [0.29, 0.717) is 0 Å². The molecule has 1 atom stereocenters. The second-order valence-electron chi connectivity index (χ2n) is 3.54. The summed E-state index contributed by atoms with van der Waals surface area (Å²) >= 11 is 0. The van der Waals surface area contributed by atoms with Crippen molar-refractivity contribution in [1.29, 1.82) is 0 Å². The third-order valence-electron chi connectivity index (χ3n) is 2.36. The third kappa shape index (κ3) is 3.23. The van der Waals surface area contributed by atoms with Crippen LogP contribution in [0, 0.1) is 0 Å². The minimum absolute atomic E-state index is 0.0445. The molecule has 13 heavy (non-hydrogen) atoms. The molecule has 0 bridgehead atoms. The fourth-order valence-corrected chi connectivity index (χ4v) is 2.43. The Morgan fingerprint density at radius 3 is 2.31 bits per heavy atom. The number of rotatable bonds is 3. The van der Waals surface area contributed by atoms with E-state index in [1.54, 1.807) is 0 Å². The van der Waals surface area contributed by atoms with Gasteiger partial charge in [-0.2, -0.15) is 0 Å². The van der Waals surface area contributed by atoms with E-state index in [0.717, 1.165) is 39.0 Å². The first-order chi connectivity index (χ1) is 6.02.